The molecule has 26 heavy (non-hydrogen) atoms. The summed E-state index contributed by atoms with van der Waals surface area (Å²) in [7, 11) is 0. The molecule has 5 nitrogen and oxygen atoms in total. The molecule has 0 aliphatic carbocycles. The number of nitrogens with zero attached hydrogens (tertiary/aromatic N) is 4. The van der Waals surface area contributed by atoms with Crippen LogP contribution in [0.15, 0.2) is 47.3 Å². The molecule has 0 spiro atoms. The fourth-order valence-corrected chi connectivity index (χ4v) is 4.32. The van der Waals surface area contributed by atoms with Crippen molar-refractivity contribution in [2.75, 3.05) is 0 Å². The number of hydrogen-bond acceptors (Lipinski definition) is 4. The predicted molar refractivity (Wildman–Crippen MR) is 106 cm³/mol. The first kappa shape index (κ1) is 16.7. The third-order valence-electron chi connectivity index (χ3n) is 4.53. The number of allylic oxidation sites excluding steroid dienone is 1. The van der Waals surface area contributed by atoms with Crippen LogP contribution in [0, 0.1) is 13.8 Å². The van der Waals surface area contributed by atoms with Crippen molar-refractivity contribution in [2.45, 2.75) is 33.7 Å². The Kier molecular flexibility index (Phi) is 4.00. The van der Waals surface area contributed by atoms with Crippen molar-refractivity contribution in [1.29, 1.82) is 0 Å². The number of thiophene rings is 1. The first-order valence-corrected chi connectivity index (χ1v) is 9.34. The van der Waals surface area contributed by atoms with Crippen molar-refractivity contribution in [3.8, 4) is 0 Å². The first-order valence-electron chi connectivity index (χ1n) is 8.52. The van der Waals surface area contributed by atoms with Gasteiger partial charge in [-0.05, 0) is 31.9 Å². The molecule has 0 aliphatic rings. The number of benzene rings is 1. The second kappa shape index (κ2) is 6.21. The molecule has 6 heteroatoms. The Morgan fingerprint density at radius 1 is 1.23 bits per heavy atom. The molecule has 3 aromatic heterocycles. The zero-order chi connectivity index (χ0) is 18.4. The standard InChI is InChI=1S/C20H20N4OS/c1-12(2)11-23-19-17(13(3)14(4)26-19)18-21-16(22-24(18)20(23)25)10-15-8-6-5-7-9-15/h5-9H,1,10-11H2,2-4H3. The molecule has 0 radical (unpaired) electrons. The maximum atomic E-state index is 13.1. The van der Waals surface area contributed by atoms with E-state index in [0.717, 1.165) is 26.9 Å². The van der Waals surface area contributed by atoms with Gasteiger partial charge in [0, 0.05) is 17.8 Å². The van der Waals surface area contributed by atoms with Crippen LogP contribution in [0.3, 0.4) is 0 Å². The number of fused-ring (bicyclic) bond motifs is 3. The Bertz CT molecular complexity index is 1200. The Hall–Kier alpha value is -2.73. The number of aryl methyl sites for hydroxylation is 2. The van der Waals surface area contributed by atoms with Crippen molar-refractivity contribution < 1.29 is 0 Å². The second-order valence-corrected chi connectivity index (χ2v) is 7.92. The Balaban J connectivity index is 1.99. The van der Waals surface area contributed by atoms with E-state index in [4.69, 9.17) is 4.98 Å². The molecule has 0 atom stereocenters. The van der Waals surface area contributed by atoms with Crippen molar-refractivity contribution >= 4 is 27.2 Å². The minimum atomic E-state index is -0.163. The molecule has 1 aromatic carbocycles. The topological polar surface area (TPSA) is 52.2 Å². The SMILES string of the molecule is C=C(C)Cn1c(=O)n2nc(Cc3ccccc3)nc2c2c(C)c(C)sc21. The van der Waals surface area contributed by atoms with E-state index in [1.807, 2.05) is 37.3 Å². The maximum Gasteiger partial charge on any atom is 0.352 e. The molecule has 0 saturated carbocycles. The molecule has 0 bridgehead atoms. The summed E-state index contributed by atoms with van der Waals surface area (Å²) in [6, 6.07) is 10.1. The van der Waals surface area contributed by atoms with Crippen LogP contribution < -0.4 is 5.69 Å². The van der Waals surface area contributed by atoms with Gasteiger partial charge in [-0.3, -0.25) is 4.57 Å². The number of rotatable bonds is 4. The summed E-state index contributed by atoms with van der Waals surface area (Å²) in [6.45, 7) is 10.5. The van der Waals surface area contributed by atoms with Gasteiger partial charge in [-0.15, -0.1) is 16.4 Å². The zero-order valence-corrected chi connectivity index (χ0v) is 15.9. The smallest absolute Gasteiger partial charge is 0.279 e. The minimum absolute atomic E-state index is 0.163. The molecule has 0 saturated heterocycles. The van der Waals surface area contributed by atoms with Crippen LogP contribution in [0.5, 0.6) is 0 Å². The van der Waals surface area contributed by atoms with Gasteiger partial charge >= 0.3 is 5.69 Å². The summed E-state index contributed by atoms with van der Waals surface area (Å²) in [5.74, 6) is 0.658. The van der Waals surface area contributed by atoms with E-state index in [1.165, 1.54) is 9.39 Å². The third kappa shape index (κ3) is 2.66. The molecule has 4 rings (SSSR count). The van der Waals surface area contributed by atoms with E-state index in [-0.39, 0.29) is 5.69 Å². The monoisotopic (exact) mass is 364 g/mol. The molecule has 4 aromatic rings. The molecule has 132 valence electrons. The summed E-state index contributed by atoms with van der Waals surface area (Å²) in [4.78, 5) is 19.9. The van der Waals surface area contributed by atoms with Crippen molar-refractivity contribution in [1.82, 2.24) is 19.2 Å². The van der Waals surface area contributed by atoms with Gasteiger partial charge in [0.05, 0.1) is 5.39 Å². The number of aromatic nitrogens is 4. The minimum Gasteiger partial charge on any atom is -0.279 e. The van der Waals surface area contributed by atoms with Crippen LogP contribution in [0.2, 0.25) is 0 Å². The largest absolute Gasteiger partial charge is 0.352 e. The summed E-state index contributed by atoms with van der Waals surface area (Å²) in [5, 5.41) is 5.54. The van der Waals surface area contributed by atoms with Gasteiger partial charge in [-0.2, -0.15) is 4.52 Å². The van der Waals surface area contributed by atoms with Gasteiger partial charge in [0.25, 0.3) is 0 Å². The molecule has 0 N–H and O–H groups in total. The second-order valence-electron chi connectivity index (χ2n) is 6.72. The summed E-state index contributed by atoms with van der Waals surface area (Å²) in [6.07, 6.45) is 0.603. The van der Waals surface area contributed by atoms with Gasteiger partial charge in [-0.25, -0.2) is 9.78 Å². The van der Waals surface area contributed by atoms with E-state index in [2.05, 4.69) is 25.5 Å². The van der Waals surface area contributed by atoms with Crippen LogP contribution in [-0.4, -0.2) is 19.2 Å². The van der Waals surface area contributed by atoms with Crippen LogP contribution >= 0.6 is 11.3 Å². The van der Waals surface area contributed by atoms with E-state index >= 15 is 0 Å². The molecule has 3 heterocycles. The van der Waals surface area contributed by atoms with Gasteiger partial charge in [0.2, 0.25) is 0 Å². The Labute approximate surface area is 155 Å². The average molecular weight is 364 g/mol. The van der Waals surface area contributed by atoms with Crippen molar-refractivity contribution in [2.24, 2.45) is 0 Å². The summed E-state index contributed by atoms with van der Waals surface area (Å²) < 4.78 is 3.21. The highest BCUT2D eigenvalue weighted by atomic mass is 32.1. The van der Waals surface area contributed by atoms with E-state index < -0.39 is 0 Å². The highest BCUT2D eigenvalue weighted by molar-refractivity contribution is 7.19. The van der Waals surface area contributed by atoms with Gasteiger partial charge in [0.15, 0.2) is 11.5 Å². The van der Waals surface area contributed by atoms with E-state index in [9.17, 15) is 4.79 Å². The molecule has 0 fully saturated rings. The quantitative estimate of drug-likeness (QED) is 0.516. The predicted octanol–water partition coefficient (Wildman–Crippen LogP) is 3.89. The highest BCUT2D eigenvalue weighted by Gasteiger charge is 2.19. The van der Waals surface area contributed by atoms with Crippen molar-refractivity contribution in [3.63, 3.8) is 0 Å². The first-order chi connectivity index (χ1) is 12.5. The average Bonchev–Trinajstić information content (AvgIpc) is 3.14. The Morgan fingerprint density at radius 2 is 1.96 bits per heavy atom. The van der Waals surface area contributed by atoms with Crippen LogP contribution in [0.4, 0.5) is 0 Å². The normalized spacial score (nSPS) is 11.5. The lowest BCUT2D eigenvalue weighted by molar-refractivity contribution is 0.707. The van der Waals surface area contributed by atoms with Crippen LogP contribution in [-0.2, 0) is 13.0 Å². The maximum absolute atomic E-state index is 13.1. The number of hydrogen-bond donors (Lipinski definition) is 0. The molecular formula is C20H20N4OS. The van der Waals surface area contributed by atoms with Crippen LogP contribution in [0.1, 0.15) is 28.8 Å². The van der Waals surface area contributed by atoms with Gasteiger partial charge in [0.1, 0.15) is 4.83 Å². The van der Waals surface area contributed by atoms with Crippen molar-refractivity contribution in [3.05, 3.63) is 74.8 Å². The molecule has 0 aliphatic heterocycles. The van der Waals surface area contributed by atoms with E-state index in [0.29, 0.717) is 24.4 Å². The van der Waals surface area contributed by atoms with E-state index in [1.54, 1.807) is 15.9 Å². The fraction of sp³-hybridized carbons (Fsp3) is 0.250. The Morgan fingerprint density at radius 3 is 2.65 bits per heavy atom. The molecule has 0 amide bonds. The lowest BCUT2D eigenvalue weighted by Gasteiger charge is -2.07. The molecular weight excluding hydrogens is 344 g/mol. The lowest BCUT2D eigenvalue weighted by atomic mass is 10.1. The van der Waals surface area contributed by atoms with Gasteiger partial charge in [-0.1, -0.05) is 42.5 Å². The van der Waals surface area contributed by atoms with Gasteiger partial charge < -0.3 is 0 Å². The summed E-state index contributed by atoms with van der Waals surface area (Å²) >= 11 is 1.63. The highest BCUT2D eigenvalue weighted by Crippen LogP contribution is 2.32. The summed E-state index contributed by atoms with van der Waals surface area (Å²) in [5.41, 5.74) is 3.70. The fourth-order valence-electron chi connectivity index (χ4n) is 3.18. The lowest BCUT2D eigenvalue weighted by Crippen LogP contribution is -2.27. The molecule has 0 unspecified atom stereocenters. The van der Waals surface area contributed by atoms with Crippen LogP contribution in [0.25, 0.3) is 15.9 Å². The third-order valence-corrected chi connectivity index (χ3v) is 5.76. The zero-order valence-electron chi connectivity index (χ0n) is 15.1.